The summed E-state index contributed by atoms with van der Waals surface area (Å²) < 4.78 is 18.6. The molecule has 0 fully saturated rings. The second-order valence-corrected chi connectivity index (χ2v) is 4.23. The predicted octanol–water partition coefficient (Wildman–Crippen LogP) is 4.89. The molecular weight excluding hydrogens is 239 g/mol. The Bertz CT molecular complexity index is 670. The van der Waals surface area contributed by atoms with Crippen LogP contribution in [-0.4, -0.2) is 0 Å². The molecule has 0 aliphatic carbocycles. The van der Waals surface area contributed by atoms with Crippen LogP contribution in [0.4, 0.5) is 4.39 Å². The molecule has 3 heteroatoms. The van der Waals surface area contributed by atoms with Gasteiger partial charge in [0.25, 0.3) is 0 Å². The van der Waals surface area contributed by atoms with Crippen LogP contribution in [0.15, 0.2) is 53.1 Å². The Hall–Kier alpha value is -1.80. The number of halogens is 2. The zero-order valence-electron chi connectivity index (χ0n) is 8.78. The zero-order chi connectivity index (χ0) is 11.8. The van der Waals surface area contributed by atoms with Crippen molar-refractivity contribution in [3.63, 3.8) is 0 Å². The lowest BCUT2D eigenvalue weighted by molar-refractivity contribution is 0.610. The van der Waals surface area contributed by atoms with Gasteiger partial charge in [0.2, 0.25) is 0 Å². The highest BCUT2D eigenvalue weighted by Crippen LogP contribution is 2.31. The first-order valence-electron chi connectivity index (χ1n) is 5.17. The lowest BCUT2D eigenvalue weighted by Gasteiger charge is -1.98. The summed E-state index contributed by atoms with van der Waals surface area (Å²) in [5.74, 6) is -0.269. The second kappa shape index (κ2) is 3.90. The Morgan fingerprint density at radius 3 is 2.53 bits per heavy atom. The minimum atomic E-state index is -0.269. The topological polar surface area (TPSA) is 13.1 Å². The largest absolute Gasteiger partial charge is 0.464 e. The summed E-state index contributed by atoms with van der Waals surface area (Å²) >= 11 is 5.83. The molecule has 0 amide bonds. The molecule has 0 aliphatic rings. The fourth-order valence-electron chi connectivity index (χ4n) is 1.85. The zero-order valence-corrected chi connectivity index (χ0v) is 9.54. The Kier molecular flexibility index (Phi) is 2.37. The maximum atomic E-state index is 13.2. The maximum absolute atomic E-state index is 13.2. The quantitative estimate of drug-likeness (QED) is 0.596. The Balaban J connectivity index is 2.23. The molecule has 0 radical (unpaired) electrons. The van der Waals surface area contributed by atoms with E-state index in [1.165, 1.54) is 12.1 Å². The van der Waals surface area contributed by atoms with Gasteiger partial charge in [-0.3, -0.25) is 0 Å². The molecule has 0 atom stereocenters. The Labute approximate surface area is 102 Å². The van der Waals surface area contributed by atoms with Gasteiger partial charge in [-0.2, -0.15) is 0 Å². The van der Waals surface area contributed by atoms with Gasteiger partial charge in [-0.15, -0.1) is 0 Å². The summed E-state index contributed by atoms with van der Waals surface area (Å²) in [6.07, 6.45) is 1.63. The molecule has 0 unspecified atom stereocenters. The minimum Gasteiger partial charge on any atom is -0.464 e. The van der Waals surface area contributed by atoms with E-state index in [2.05, 4.69) is 0 Å². The van der Waals surface area contributed by atoms with Crippen LogP contribution in [-0.2, 0) is 0 Å². The van der Waals surface area contributed by atoms with Crippen molar-refractivity contribution in [2.45, 2.75) is 0 Å². The monoisotopic (exact) mass is 246 g/mol. The Morgan fingerprint density at radius 2 is 1.76 bits per heavy atom. The molecule has 2 aromatic carbocycles. The van der Waals surface area contributed by atoms with E-state index in [4.69, 9.17) is 16.0 Å². The van der Waals surface area contributed by atoms with Crippen molar-refractivity contribution in [1.82, 2.24) is 0 Å². The number of fused-ring (bicyclic) bond motifs is 1. The van der Waals surface area contributed by atoms with E-state index < -0.39 is 0 Å². The van der Waals surface area contributed by atoms with Crippen LogP contribution in [0.2, 0.25) is 5.02 Å². The van der Waals surface area contributed by atoms with Crippen LogP contribution in [0.5, 0.6) is 0 Å². The summed E-state index contributed by atoms with van der Waals surface area (Å²) in [6.45, 7) is 0. The van der Waals surface area contributed by atoms with E-state index in [9.17, 15) is 4.39 Å². The molecule has 1 nitrogen and oxygen atoms in total. The summed E-state index contributed by atoms with van der Waals surface area (Å²) in [5.41, 5.74) is 2.51. The van der Waals surface area contributed by atoms with Crippen molar-refractivity contribution in [3.05, 3.63) is 59.6 Å². The highest BCUT2D eigenvalue weighted by molar-refractivity contribution is 6.30. The van der Waals surface area contributed by atoms with Gasteiger partial charge in [0.15, 0.2) is 0 Å². The van der Waals surface area contributed by atoms with Gasteiger partial charge in [-0.25, -0.2) is 4.39 Å². The normalized spacial score (nSPS) is 10.9. The van der Waals surface area contributed by atoms with Crippen molar-refractivity contribution in [3.8, 4) is 11.1 Å². The van der Waals surface area contributed by atoms with Crippen LogP contribution in [0.3, 0.4) is 0 Å². The first-order valence-corrected chi connectivity index (χ1v) is 5.54. The van der Waals surface area contributed by atoms with Crippen LogP contribution in [0.25, 0.3) is 22.1 Å². The van der Waals surface area contributed by atoms with E-state index in [-0.39, 0.29) is 5.82 Å². The van der Waals surface area contributed by atoms with Crippen molar-refractivity contribution in [1.29, 1.82) is 0 Å². The van der Waals surface area contributed by atoms with Crippen molar-refractivity contribution in [2.24, 2.45) is 0 Å². The molecule has 0 bridgehead atoms. The molecule has 0 spiro atoms. The van der Waals surface area contributed by atoms with Crippen LogP contribution in [0.1, 0.15) is 0 Å². The molecule has 3 rings (SSSR count). The van der Waals surface area contributed by atoms with Gasteiger partial charge >= 0.3 is 0 Å². The van der Waals surface area contributed by atoms with Crippen molar-refractivity contribution in [2.75, 3.05) is 0 Å². The van der Waals surface area contributed by atoms with Crippen LogP contribution in [0, 0.1) is 5.82 Å². The third-order valence-electron chi connectivity index (χ3n) is 2.69. The molecule has 0 saturated heterocycles. The van der Waals surface area contributed by atoms with E-state index in [0.29, 0.717) is 10.6 Å². The SMILES string of the molecule is Fc1ccc2occ(-c3ccc(Cl)cc3)c2c1. The molecule has 0 N–H and O–H groups in total. The van der Waals surface area contributed by atoms with Gasteiger partial charge in [-0.05, 0) is 35.9 Å². The average molecular weight is 247 g/mol. The minimum absolute atomic E-state index is 0.269. The maximum Gasteiger partial charge on any atom is 0.134 e. The first kappa shape index (κ1) is 10.4. The molecule has 0 saturated carbocycles. The summed E-state index contributed by atoms with van der Waals surface area (Å²) in [7, 11) is 0. The highest BCUT2D eigenvalue weighted by Gasteiger charge is 2.08. The standard InChI is InChI=1S/C14H8ClFO/c15-10-3-1-9(2-4-10)13-8-17-14-6-5-11(16)7-12(13)14/h1-8H. The van der Waals surface area contributed by atoms with Gasteiger partial charge in [0, 0.05) is 16.0 Å². The van der Waals surface area contributed by atoms with Crippen LogP contribution < -0.4 is 0 Å². The van der Waals surface area contributed by atoms with E-state index >= 15 is 0 Å². The number of hydrogen-bond acceptors (Lipinski definition) is 1. The Morgan fingerprint density at radius 1 is 1.00 bits per heavy atom. The van der Waals surface area contributed by atoms with E-state index in [0.717, 1.165) is 16.5 Å². The number of hydrogen-bond donors (Lipinski definition) is 0. The summed E-state index contributed by atoms with van der Waals surface area (Å²) in [4.78, 5) is 0. The van der Waals surface area contributed by atoms with Gasteiger partial charge in [0.1, 0.15) is 11.4 Å². The fraction of sp³-hybridized carbons (Fsp3) is 0. The lowest BCUT2D eigenvalue weighted by atomic mass is 10.1. The highest BCUT2D eigenvalue weighted by atomic mass is 35.5. The average Bonchev–Trinajstić information content (AvgIpc) is 2.73. The predicted molar refractivity (Wildman–Crippen MR) is 66.6 cm³/mol. The molecule has 17 heavy (non-hydrogen) atoms. The fourth-order valence-corrected chi connectivity index (χ4v) is 1.98. The lowest BCUT2D eigenvalue weighted by Crippen LogP contribution is -1.76. The van der Waals surface area contributed by atoms with Crippen molar-refractivity contribution >= 4 is 22.6 Å². The van der Waals surface area contributed by atoms with E-state index in [1.807, 2.05) is 12.1 Å². The smallest absolute Gasteiger partial charge is 0.134 e. The molecular formula is C14H8ClFO. The number of rotatable bonds is 1. The number of furan rings is 1. The third-order valence-corrected chi connectivity index (χ3v) is 2.94. The molecule has 3 aromatic rings. The summed E-state index contributed by atoms with van der Waals surface area (Å²) in [5, 5.41) is 1.44. The molecule has 1 heterocycles. The third kappa shape index (κ3) is 1.81. The molecule has 84 valence electrons. The molecule has 0 aliphatic heterocycles. The number of benzene rings is 2. The van der Waals surface area contributed by atoms with Gasteiger partial charge < -0.3 is 4.42 Å². The van der Waals surface area contributed by atoms with E-state index in [1.54, 1.807) is 24.5 Å². The summed E-state index contributed by atoms with van der Waals surface area (Å²) in [6, 6.07) is 11.9. The van der Waals surface area contributed by atoms with Gasteiger partial charge in [0.05, 0.1) is 6.26 Å². The van der Waals surface area contributed by atoms with Crippen LogP contribution >= 0.6 is 11.6 Å². The van der Waals surface area contributed by atoms with Gasteiger partial charge in [-0.1, -0.05) is 23.7 Å². The molecule has 1 aromatic heterocycles. The first-order chi connectivity index (χ1) is 8.24. The second-order valence-electron chi connectivity index (χ2n) is 3.80. The van der Waals surface area contributed by atoms with Crippen molar-refractivity contribution < 1.29 is 8.81 Å².